The zero-order valence-electron chi connectivity index (χ0n) is 19.0. The predicted octanol–water partition coefficient (Wildman–Crippen LogP) is 5.99. The average molecular weight is 448 g/mol. The second-order valence-electron chi connectivity index (χ2n) is 8.67. The van der Waals surface area contributed by atoms with Crippen molar-refractivity contribution in [1.82, 2.24) is 9.97 Å². The summed E-state index contributed by atoms with van der Waals surface area (Å²) < 4.78 is 18.4. The van der Waals surface area contributed by atoms with E-state index in [0.29, 0.717) is 11.7 Å². The van der Waals surface area contributed by atoms with Crippen molar-refractivity contribution in [3.8, 4) is 17.0 Å². The van der Waals surface area contributed by atoms with E-state index >= 15 is 0 Å². The molecule has 1 amide bonds. The minimum atomic E-state index is -0.316. The number of carbonyl (C=O) groups excluding carboxylic acids is 1. The highest BCUT2D eigenvalue weighted by atomic mass is 19.1. The number of anilines is 1. The maximum absolute atomic E-state index is 13.2. The molecule has 6 heteroatoms. The van der Waals surface area contributed by atoms with E-state index < -0.39 is 0 Å². The van der Waals surface area contributed by atoms with Crippen LogP contribution in [0.2, 0.25) is 0 Å². The molecule has 0 unspecified atom stereocenters. The molecule has 172 valence electrons. The molecule has 1 heterocycles. The maximum atomic E-state index is 13.2. The van der Waals surface area contributed by atoms with Crippen LogP contribution >= 0.6 is 0 Å². The van der Waals surface area contributed by atoms with Crippen LogP contribution in [0, 0.1) is 11.7 Å². The van der Waals surface area contributed by atoms with Crippen molar-refractivity contribution in [2.24, 2.45) is 5.92 Å². The number of halogens is 1. The highest BCUT2D eigenvalue weighted by Crippen LogP contribution is 2.29. The monoisotopic (exact) mass is 447 g/mol. The summed E-state index contributed by atoms with van der Waals surface area (Å²) >= 11 is 0. The van der Waals surface area contributed by atoms with Gasteiger partial charge in [-0.1, -0.05) is 44.2 Å². The third-order valence-corrected chi connectivity index (χ3v) is 6.28. The van der Waals surface area contributed by atoms with Crippen LogP contribution in [-0.4, -0.2) is 23.0 Å². The van der Waals surface area contributed by atoms with Crippen LogP contribution in [0.15, 0.2) is 54.7 Å². The van der Waals surface area contributed by atoms with Gasteiger partial charge in [0, 0.05) is 5.56 Å². The zero-order chi connectivity index (χ0) is 23.0. The number of rotatable bonds is 8. The molecule has 0 radical (unpaired) electrons. The Bertz CT molecular complexity index is 1060. The first kappa shape index (κ1) is 22.9. The Kier molecular flexibility index (Phi) is 7.66. The minimum absolute atomic E-state index is 0.157. The van der Waals surface area contributed by atoms with Crippen molar-refractivity contribution in [1.29, 1.82) is 0 Å². The average Bonchev–Trinajstić information content (AvgIpc) is 2.85. The van der Waals surface area contributed by atoms with Crippen molar-refractivity contribution in [2.45, 2.75) is 51.4 Å². The first-order valence-electron chi connectivity index (χ1n) is 11.7. The Morgan fingerprint density at radius 2 is 1.79 bits per heavy atom. The number of hydrogen-bond donors (Lipinski definition) is 1. The van der Waals surface area contributed by atoms with Gasteiger partial charge in [-0.05, 0) is 60.7 Å². The molecule has 1 aromatic heterocycles. The lowest BCUT2D eigenvalue weighted by Crippen LogP contribution is -2.18. The van der Waals surface area contributed by atoms with Gasteiger partial charge in [0.25, 0.3) is 0 Å². The third-order valence-electron chi connectivity index (χ3n) is 6.28. The Morgan fingerprint density at radius 3 is 2.48 bits per heavy atom. The van der Waals surface area contributed by atoms with Crippen molar-refractivity contribution in [3.05, 3.63) is 71.8 Å². The van der Waals surface area contributed by atoms with E-state index in [1.807, 2.05) is 24.3 Å². The van der Waals surface area contributed by atoms with Gasteiger partial charge in [0.2, 0.25) is 5.91 Å². The zero-order valence-corrected chi connectivity index (χ0v) is 19.0. The van der Waals surface area contributed by atoms with Gasteiger partial charge in [-0.2, -0.15) is 0 Å². The van der Waals surface area contributed by atoms with E-state index in [2.05, 4.69) is 10.3 Å². The molecule has 33 heavy (non-hydrogen) atoms. The summed E-state index contributed by atoms with van der Waals surface area (Å²) in [7, 11) is 1.64. The van der Waals surface area contributed by atoms with Crippen LogP contribution in [-0.2, 0) is 17.6 Å². The molecule has 3 aromatic rings. The van der Waals surface area contributed by atoms with Crippen LogP contribution < -0.4 is 10.1 Å². The van der Waals surface area contributed by atoms with Crippen LogP contribution in [0.5, 0.6) is 5.75 Å². The van der Waals surface area contributed by atoms with Gasteiger partial charge in [-0.25, -0.2) is 14.4 Å². The van der Waals surface area contributed by atoms with Gasteiger partial charge in [0.15, 0.2) is 5.82 Å². The number of aromatic nitrogens is 2. The SMILES string of the molecule is COc1ccc(-c2cnc(NC(=O)Cc3ccc(F)cc3)c(CCC3CCCCC3)n2)cc1. The molecular formula is C27H30FN3O2. The largest absolute Gasteiger partial charge is 0.497 e. The molecule has 4 rings (SSSR count). The molecular weight excluding hydrogens is 417 g/mol. The van der Waals surface area contributed by atoms with Crippen LogP contribution in [0.3, 0.4) is 0 Å². The summed E-state index contributed by atoms with van der Waals surface area (Å²) in [5.74, 6) is 1.49. The Morgan fingerprint density at radius 1 is 1.06 bits per heavy atom. The molecule has 0 saturated heterocycles. The molecule has 0 bridgehead atoms. The summed E-state index contributed by atoms with van der Waals surface area (Å²) in [5, 5.41) is 2.93. The summed E-state index contributed by atoms with van der Waals surface area (Å²) in [6.45, 7) is 0. The van der Waals surface area contributed by atoms with E-state index in [4.69, 9.17) is 9.72 Å². The lowest BCUT2D eigenvalue weighted by atomic mass is 9.86. The molecule has 5 nitrogen and oxygen atoms in total. The molecule has 0 atom stereocenters. The summed E-state index contributed by atoms with van der Waals surface area (Å²) in [5.41, 5.74) is 3.28. The van der Waals surface area contributed by atoms with Gasteiger partial charge >= 0.3 is 0 Å². The lowest BCUT2D eigenvalue weighted by Gasteiger charge is -2.21. The van der Waals surface area contributed by atoms with Gasteiger partial charge in [-0.15, -0.1) is 0 Å². The standard InChI is InChI=1S/C27H30FN3O2/c1-33-23-14-10-21(11-15-23)25-18-29-27(24(30-25)16-9-19-5-3-2-4-6-19)31-26(32)17-20-7-12-22(28)13-8-20/h7-8,10-15,18-19H,2-6,9,16-17H2,1H3,(H,29,31,32). The smallest absolute Gasteiger partial charge is 0.229 e. The molecule has 1 saturated carbocycles. The highest BCUT2D eigenvalue weighted by Gasteiger charge is 2.17. The van der Waals surface area contributed by atoms with E-state index in [-0.39, 0.29) is 18.1 Å². The fraction of sp³-hybridized carbons (Fsp3) is 0.370. The van der Waals surface area contributed by atoms with Crippen molar-refractivity contribution >= 4 is 11.7 Å². The summed E-state index contributed by atoms with van der Waals surface area (Å²) in [4.78, 5) is 22.1. The van der Waals surface area contributed by atoms with E-state index in [1.54, 1.807) is 25.4 Å². The summed E-state index contributed by atoms with van der Waals surface area (Å²) in [6, 6.07) is 13.7. The molecule has 2 aromatic carbocycles. The highest BCUT2D eigenvalue weighted by molar-refractivity contribution is 5.92. The maximum Gasteiger partial charge on any atom is 0.229 e. The number of nitrogens with one attached hydrogen (secondary N) is 1. The second kappa shape index (κ2) is 11.0. The number of aryl methyl sites for hydroxylation is 1. The second-order valence-corrected chi connectivity index (χ2v) is 8.67. The number of carbonyl (C=O) groups is 1. The fourth-order valence-electron chi connectivity index (χ4n) is 4.39. The van der Waals surface area contributed by atoms with Crippen molar-refractivity contribution in [3.63, 3.8) is 0 Å². The predicted molar refractivity (Wildman–Crippen MR) is 128 cm³/mol. The Balaban J connectivity index is 1.52. The minimum Gasteiger partial charge on any atom is -0.497 e. The first-order valence-corrected chi connectivity index (χ1v) is 11.7. The number of ether oxygens (including phenoxy) is 1. The van der Waals surface area contributed by atoms with Gasteiger partial charge in [0.1, 0.15) is 11.6 Å². The van der Waals surface area contributed by atoms with Gasteiger partial charge < -0.3 is 10.1 Å². The molecule has 1 aliphatic rings. The van der Waals surface area contributed by atoms with Crippen molar-refractivity contribution in [2.75, 3.05) is 12.4 Å². The number of nitrogens with zero attached hydrogens (tertiary/aromatic N) is 2. The fourth-order valence-corrected chi connectivity index (χ4v) is 4.39. The lowest BCUT2D eigenvalue weighted by molar-refractivity contribution is -0.115. The van der Waals surface area contributed by atoms with E-state index in [1.165, 1.54) is 44.2 Å². The number of amides is 1. The quantitative estimate of drug-likeness (QED) is 0.461. The first-order chi connectivity index (χ1) is 16.1. The number of methoxy groups -OCH3 is 1. The third kappa shape index (κ3) is 6.37. The summed E-state index contributed by atoms with van der Waals surface area (Å²) in [6.07, 6.45) is 10.1. The Labute approximate surface area is 194 Å². The van der Waals surface area contributed by atoms with E-state index in [9.17, 15) is 9.18 Å². The number of benzene rings is 2. The van der Waals surface area contributed by atoms with Gasteiger partial charge in [-0.3, -0.25) is 4.79 Å². The molecule has 1 fully saturated rings. The van der Waals surface area contributed by atoms with Crippen LogP contribution in [0.1, 0.15) is 49.8 Å². The van der Waals surface area contributed by atoms with E-state index in [0.717, 1.165) is 41.1 Å². The number of hydrogen-bond acceptors (Lipinski definition) is 4. The topological polar surface area (TPSA) is 64.1 Å². The normalized spacial score (nSPS) is 14.1. The molecule has 1 aliphatic carbocycles. The Hall–Kier alpha value is -3.28. The van der Waals surface area contributed by atoms with Crippen LogP contribution in [0.4, 0.5) is 10.2 Å². The molecule has 0 spiro atoms. The molecule has 1 N–H and O–H groups in total. The van der Waals surface area contributed by atoms with Gasteiger partial charge in [0.05, 0.1) is 31.1 Å². The van der Waals surface area contributed by atoms with Crippen molar-refractivity contribution < 1.29 is 13.9 Å². The molecule has 0 aliphatic heterocycles. The van der Waals surface area contributed by atoms with Crippen LogP contribution in [0.25, 0.3) is 11.3 Å².